The summed E-state index contributed by atoms with van der Waals surface area (Å²) >= 11 is 1.61. The predicted molar refractivity (Wildman–Crippen MR) is 92.3 cm³/mol. The molecule has 3 rings (SSSR count). The summed E-state index contributed by atoms with van der Waals surface area (Å²) in [6, 6.07) is 1.96. The molecular weight excluding hydrogens is 308 g/mol. The van der Waals surface area contributed by atoms with Gasteiger partial charge in [-0.3, -0.25) is 14.6 Å². The molecule has 0 aromatic carbocycles. The molecule has 0 saturated carbocycles. The highest BCUT2D eigenvalue weighted by Crippen LogP contribution is 2.43. The molecule has 1 aliphatic heterocycles. The van der Waals surface area contributed by atoms with Crippen LogP contribution in [-0.2, 0) is 9.59 Å². The number of carbonyl (C=O) groups excluding carboxylic acids is 2. The lowest BCUT2D eigenvalue weighted by Crippen LogP contribution is -2.29. The Labute approximate surface area is 138 Å². The second-order valence-corrected chi connectivity index (χ2v) is 6.72. The maximum absolute atomic E-state index is 12.3. The van der Waals surface area contributed by atoms with Crippen molar-refractivity contribution in [3.8, 4) is 0 Å². The molecule has 0 saturated heterocycles. The predicted octanol–water partition coefficient (Wildman–Crippen LogP) is 3.71. The molecule has 2 aromatic heterocycles. The van der Waals surface area contributed by atoms with Gasteiger partial charge in [-0.05, 0) is 44.7 Å². The van der Waals surface area contributed by atoms with E-state index in [0.717, 1.165) is 27.0 Å². The lowest BCUT2D eigenvalue weighted by Gasteiger charge is -2.30. The number of aromatic nitrogens is 1. The van der Waals surface area contributed by atoms with E-state index in [0.29, 0.717) is 11.1 Å². The molecule has 118 valence electrons. The maximum atomic E-state index is 12.3. The number of allylic oxidation sites excluding steroid dienone is 4. The second kappa shape index (κ2) is 5.74. The Bertz CT molecular complexity index is 853. The number of hydrogen-bond donors (Lipinski definition) is 1. The van der Waals surface area contributed by atoms with Gasteiger partial charge in [-0.1, -0.05) is 0 Å². The van der Waals surface area contributed by atoms with Crippen LogP contribution in [0.4, 0.5) is 0 Å². The van der Waals surface area contributed by atoms with Crippen molar-refractivity contribution in [2.45, 2.75) is 33.6 Å². The van der Waals surface area contributed by atoms with Gasteiger partial charge in [-0.2, -0.15) is 0 Å². The highest BCUT2D eigenvalue weighted by atomic mass is 32.1. The van der Waals surface area contributed by atoms with Crippen molar-refractivity contribution in [1.82, 2.24) is 10.3 Å². The van der Waals surface area contributed by atoms with Crippen molar-refractivity contribution >= 4 is 33.0 Å². The largest absolute Gasteiger partial charge is 0.362 e. The van der Waals surface area contributed by atoms with Crippen molar-refractivity contribution in [1.29, 1.82) is 0 Å². The van der Waals surface area contributed by atoms with Crippen LogP contribution in [0, 0.1) is 0 Å². The van der Waals surface area contributed by atoms with Gasteiger partial charge in [-0.25, -0.2) is 0 Å². The van der Waals surface area contributed by atoms with E-state index < -0.39 is 0 Å². The Morgan fingerprint density at radius 3 is 2.30 bits per heavy atom. The number of nitrogens with zero attached hydrogens (tertiary/aromatic N) is 1. The normalized spacial score (nSPS) is 16.0. The Morgan fingerprint density at radius 1 is 1.13 bits per heavy atom. The number of fused-ring (bicyclic) bond motifs is 1. The molecule has 0 unspecified atom stereocenters. The zero-order valence-electron chi connectivity index (χ0n) is 13.6. The van der Waals surface area contributed by atoms with E-state index in [4.69, 9.17) is 0 Å². The van der Waals surface area contributed by atoms with Crippen molar-refractivity contribution in [2.24, 2.45) is 0 Å². The van der Waals surface area contributed by atoms with Gasteiger partial charge in [0.15, 0.2) is 11.6 Å². The summed E-state index contributed by atoms with van der Waals surface area (Å²) in [6.07, 6.45) is 3.56. The third-order valence-corrected chi connectivity index (χ3v) is 5.22. The molecule has 0 bridgehead atoms. The Balaban J connectivity index is 2.31. The van der Waals surface area contributed by atoms with E-state index in [9.17, 15) is 9.59 Å². The Kier molecular flexibility index (Phi) is 3.90. The molecule has 0 amide bonds. The van der Waals surface area contributed by atoms with E-state index in [-0.39, 0.29) is 17.5 Å². The quantitative estimate of drug-likeness (QED) is 0.934. The third kappa shape index (κ3) is 2.51. The molecule has 0 atom stereocenters. The zero-order chi connectivity index (χ0) is 16.7. The lowest BCUT2D eigenvalue weighted by atomic mass is 9.78. The summed E-state index contributed by atoms with van der Waals surface area (Å²) < 4.78 is 1.11. The molecule has 2 aromatic rings. The summed E-state index contributed by atoms with van der Waals surface area (Å²) in [5, 5.41) is 6.23. The number of Topliss-reactive ketones (excluding diaryl/α,β-unsaturated/α-hetero) is 2. The molecule has 0 fully saturated rings. The van der Waals surface area contributed by atoms with Crippen LogP contribution in [0.15, 0.2) is 46.4 Å². The van der Waals surface area contributed by atoms with Crippen LogP contribution < -0.4 is 5.32 Å². The molecule has 1 aliphatic rings. The third-order valence-electron chi connectivity index (χ3n) is 4.23. The minimum atomic E-state index is -0.329. The number of rotatable bonds is 3. The van der Waals surface area contributed by atoms with E-state index in [1.165, 1.54) is 0 Å². The van der Waals surface area contributed by atoms with Gasteiger partial charge in [0.2, 0.25) is 0 Å². The summed E-state index contributed by atoms with van der Waals surface area (Å²) in [5.74, 6) is -0.367. The first kappa shape index (κ1) is 15.6. The van der Waals surface area contributed by atoms with Gasteiger partial charge in [0.25, 0.3) is 0 Å². The summed E-state index contributed by atoms with van der Waals surface area (Å²) in [5.41, 5.74) is 3.92. The average molecular weight is 326 g/mol. The average Bonchev–Trinajstić information content (AvgIpc) is 2.89. The first-order chi connectivity index (χ1) is 10.9. The van der Waals surface area contributed by atoms with E-state index in [2.05, 4.69) is 10.3 Å². The minimum Gasteiger partial charge on any atom is -0.362 e. The van der Waals surface area contributed by atoms with Crippen LogP contribution in [-0.4, -0.2) is 16.6 Å². The SMILES string of the molecule is CC(=O)C1=C(C)NC(C)=C(C(C)=O)C1c1csc2ccncc12. The highest BCUT2D eigenvalue weighted by Gasteiger charge is 2.34. The van der Waals surface area contributed by atoms with Gasteiger partial charge < -0.3 is 5.32 Å². The van der Waals surface area contributed by atoms with E-state index in [1.54, 1.807) is 31.4 Å². The van der Waals surface area contributed by atoms with Gasteiger partial charge in [0, 0.05) is 50.9 Å². The van der Waals surface area contributed by atoms with Crippen molar-refractivity contribution in [3.05, 3.63) is 51.9 Å². The van der Waals surface area contributed by atoms with Crippen LogP contribution in [0.1, 0.15) is 39.2 Å². The Hall–Kier alpha value is -2.27. The first-order valence-corrected chi connectivity index (χ1v) is 8.31. The van der Waals surface area contributed by atoms with Gasteiger partial charge in [0.05, 0.1) is 0 Å². The molecule has 3 heterocycles. The summed E-state index contributed by atoms with van der Waals surface area (Å²) in [4.78, 5) is 28.8. The summed E-state index contributed by atoms with van der Waals surface area (Å²) in [6.45, 7) is 6.88. The number of pyridine rings is 1. The number of thiophene rings is 1. The van der Waals surface area contributed by atoms with Crippen LogP contribution in [0.3, 0.4) is 0 Å². The zero-order valence-corrected chi connectivity index (χ0v) is 14.4. The van der Waals surface area contributed by atoms with Gasteiger partial charge in [0.1, 0.15) is 0 Å². The number of hydrogen-bond acceptors (Lipinski definition) is 5. The number of dihydropyridines is 1. The topological polar surface area (TPSA) is 59.1 Å². The van der Waals surface area contributed by atoms with Gasteiger partial charge in [-0.15, -0.1) is 11.3 Å². The van der Waals surface area contributed by atoms with Crippen LogP contribution in [0.5, 0.6) is 0 Å². The van der Waals surface area contributed by atoms with Crippen molar-refractivity contribution < 1.29 is 9.59 Å². The maximum Gasteiger partial charge on any atom is 0.158 e. The van der Waals surface area contributed by atoms with Crippen LogP contribution >= 0.6 is 11.3 Å². The monoisotopic (exact) mass is 326 g/mol. The molecule has 4 nitrogen and oxygen atoms in total. The Morgan fingerprint density at radius 2 is 1.74 bits per heavy atom. The highest BCUT2D eigenvalue weighted by molar-refractivity contribution is 7.17. The van der Waals surface area contributed by atoms with Crippen molar-refractivity contribution in [3.63, 3.8) is 0 Å². The van der Waals surface area contributed by atoms with Crippen molar-refractivity contribution in [2.75, 3.05) is 0 Å². The smallest absolute Gasteiger partial charge is 0.158 e. The number of carbonyl (C=O) groups is 2. The molecule has 5 heteroatoms. The molecule has 23 heavy (non-hydrogen) atoms. The standard InChI is InChI=1S/C18H18N2O2S/c1-9-16(11(3)21)18(17(12(4)22)10(2)20-9)14-8-23-15-5-6-19-7-13(14)15/h5-8,18,20H,1-4H3. The molecular formula is C18H18N2O2S. The molecule has 1 N–H and O–H groups in total. The molecule has 0 aliphatic carbocycles. The number of nitrogens with one attached hydrogen (secondary N) is 1. The minimum absolute atomic E-state index is 0.0190. The first-order valence-electron chi connectivity index (χ1n) is 7.43. The summed E-state index contributed by atoms with van der Waals surface area (Å²) in [7, 11) is 0. The fourth-order valence-corrected chi connectivity index (χ4v) is 4.31. The van der Waals surface area contributed by atoms with E-state index in [1.807, 2.05) is 31.5 Å². The van der Waals surface area contributed by atoms with Gasteiger partial charge >= 0.3 is 0 Å². The van der Waals surface area contributed by atoms with E-state index >= 15 is 0 Å². The second-order valence-electron chi connectivity index (χ2n) is 5.81. The lowest BCUT2D eigenvalue weighted by molar-refractivity contribution is -0.114. The van der Waals surface area contributed by atoms with Crippen LogP contribution in [0.25, 0.3) is 10.1 Å². The molecule has 0 radical (unpaired) electrons. The molecule has 0 spiro atoms. The fraction of sp³-hybridized carbons (Fsp3) is 0.278. The fourth-order valence-electron chi connectivity index (χ4n) is 3.35. The van der Waals surface area contributed by atoms with Crippen LogP contribution in [0.2, 0.25) is 0 Å². The number of ketones is 2.